The van der Waals surface area contributed by atoms with E-state index in [1.54, 1.807) is 0 Å². The Morgan fingerprint density at radius 2 is 0.460 bits per heavy atom. The summed E-state index contributed by atoms with van der Waals surface area (Å²) >= 11 is 0. The molecule has 0 spiro atoms. The molecule has 0 aromatic carbocycles. The van der Waals surface area contributed by atoms with Crippen LogP contribution in [-0.2, 0) is 28.6 Å². The zero-order chi connectivity index (χ0) is 46.3. The maximum atomic E-state index is 12.8. The number of rotatable bonds is 50. The average Bonchev–Trinajstić information content (AvgIpc) is 3.24. The van der Waals surface area contributed by atoms with Gasteiger partial charge in [-0.25, -0.2) is 0 Å². The monoisotopic (exact) mass is 891 g/mol. The molecule has 0 rings (SSSR count). The molecular weight excluding hydrogens is 781 g/mol. The zero-order valence-corrected chi connectivity index (χ0v) is 43.4. The average molecular weight is 892 g/mol. The van der Waals surface area contributed by atoms with E-state index in [2.05, 4.69) is 41.5 Å². The fourth-order valence-corrected chi connectivity index (χ4v) is 8.65. The van der Waals surface area contributed by atoms with Crippen LogP contribution in [0, 0.1) is 17.8 Å². The smallest absolute Gasteiger partial charge is 0.306 e. The van der Waals surface area contributed by atoms with Crippen LogP contribution in [0.1, 0.15) is 311 Å². The first-order valence-corrected chi connectivity index (χ1v) is 28.1. The number of esters is 3. The largest absolute Gasteiger partial charge is 0.462 e. The van der Waals surface area contributed by atoms with E-state index >= 15 is 0 Å². The molecule has 6 heteroatoms. The van der Waals surface area contributed by atoms with Crippen LogP contribution < -0.4 is 0 Å². The van der Waals surface area contributed by atoms with Crippen LogP contribution in [0.3, 0.4) is 0 Å². The van der Waals surface area contributed by atoms with Crippen molar-refractivity contribution in [1.82, 2.24) is 0 Å². The Balaban J connectivity index is 4.21. The van der Waals surface area contributed by atoms with Gasteiger partial charge in [0.1, 0.15) is 13.2 Å². The van der Waals surface area contributed by atoms with E-state index in [1.807, 2.05) is 0 Å². The van der Waals surface area contributed by atoms with Crippen LogP contribution >= 0.6 is 0 Å². The first kappa shape index (κ1) is 61.4. The van der Waals surface area contributed by atoms with Crippen LogP contribution in [0.5, 0.6) is 0 Å². The SMILES string of the molecule is CC(C)CCCCCCCCCCCCCCCCCCCCC(=O)OC[C@H](COC(=O)CCCCCCCCCCCCC(C)C)OC(=O)CCCCCCCCCCC(C)C. The molecule has 0 aliphatic carbocycles. The van der Waals surface area contributed by atoms with Crippen molar-refractivity contribution in [2.75, 3.05) is 13.2 Å². The number of unbranched alkanes of at least 4 members (excludes halogenated alkanes) is 33. The zero-order valence-electron chi connectivity index (χ0n) is 43.4. The molecule has 0 aliphatic rings. The van der Waals surface area contributed by atoms with Gasteiger partial charge in [0.15, 0.2) is 6.10 Å². The van der Waals surface area contributed by atoms with E-state index in [0.717, 1.165) is 75.5 Å². The molecule has 0 saturated carbocycles. The quantitative estimate of drug-likeness (QED) is 0.0344. The van der Waals surface area contributed by atoms with Crippen molar-refractivity contribution in [3.8, 4) is 0 Å². The molecule has 374 valence electrons. The van der Waals surface area contributed by atoms with E-state index in [9.17, 15) is 14.4 Å². The van der Waals surface area contributed by atoms with Crippen molar-refractivity contribution in [3.63, 3.8) is 0 Å². The summed E-state index contributed by atoms with van der Waals surface area (Å²) < 4.78 is 16.8. The number of hydrogen-bond acceptors (Lipinski definition) is 6. The first-order chi connectivity index (χ1) is 30.6. The molecule has 0 aromatic heterocycles. The van der Waals surface area contributed by atoms with Crippen LogP contribution in [0.15, 0.2) is 0 Å². The minimum absolute atomic E-state index is 0.0644. The van der Waals surface area contributed by atoms with Crippen molar-refractivity contribution in [2.24, 2.45) is 17.8 Å². The summed E-state index contributed by atoms with van der Waals surface area (Å²) in [5.41, 5.74) is 0. The molecule has 0 saturated heterocycles. The van der Waals surface area contributed by atoms with E-state index in [-0.39, 0.29) is 31.1 Å². The second-order valence-electron chi connectivity index (χ2n) is 21.0. The molecule has 0 fully saturated rings. The van der Waals surface area contributed by atoms with Gasteiger partial charge in [0, 0.05) is 19.3 Å². The van der Waals surface area contributed by atoms with Crippen LogP contribution in [-0.4, -0.2) is 37.2 Å². The fraction of sp³-hybridized carbons (Fsp3) is 0.947. The first-order valence-electron chi connectivity index (χ1n) is 28.1. The maximum Gasteiger partial charge on any atom is 0.306 e. The lowest BCUT2D eigenvalue weighted by molar-refractivity contribution is -0.167. The van der Waals surface area contributed by atoms with Crippen LogP contribution in [0.2, 0.25) is 0 Å². The van der Waals surface area contributed by atoms with Gasteiger partial charge in [-0.3, -0.25) is 14.4 Å². The highest BCUT2D eigenvalue weighted by atomic mass is 16.6. The number of hydrogen-bond donors (Lipinski definition) is 0. The number of ether oxygens (including phenoxy) is 3. The van der Waals surface area contributed by atoms with Gasteiger partial charge in [-0.1, -0.05) is 273 Å². The third-order valence-corrected chi connectivity index (χ3v) is 12.9. The Morgan fingerprint density at radius 1 is 0.270 bits per heavy atom. The van der Waals surface area contributed by atoms with Gasteiger partial charge in [0.2, 0.25) is 0 Å². The molecule has 0 amide bonds. The second-order valence-corrected chi connectivity index (χ2v) is 21.0. The summed E-state index contributed by atoms with van der Waals surface area (Å²) in [6, 6.07) is 0. The number of carbonyl (C=O) groups excluding carboxylic acids is 3. The lowest BCUT2D eigenvalue weighted by atomic mass is 10.0. The highest BCUT2D eigenvalue weighted by molar-refractivity contribution is 5.71. The van der Waals surface area contributed by atoms with Gasteiger partial charge < -0.3 is 14.2 Å². The van der Waals surface area contributed by atoms with Crippen molar-refractivity contribution in [3.05, 3.63) is 0 Å². The maximum absolute atomic E-state index is 12.8. The molecular formula is C57H110O6. The summed E-state index contributed by atoms with van der Waals surface area (Å²) in [6.07, 6.45) is 49.6. The van der Waals surface area contributed by atoms with Gasteiger partial charge in [-0.05, 0) is 37.0 Å². The second kappa shape index (κ2) is 48.3. The topological polar surface area (TPSA) is 78.9 Å². The molecule has 0 N–H and O–H groups in total. The molecule has 6 nitrogen and oxygen atoms in total. The predicted octanol–water partition coefficient (Wildman–Crippen LogP) is 18.3. The van der Waals surface area contributed by atoms with E-state index < -0.39 is 6.10 Å². The Hall–Kier alpha value is -1.59. The molecule has 0 aliphatic heterocycles. The summed E-state index contributed by atoms with van der Waals surface area (Å²) in [7, 11) is 0. The van der Waals surface area contributed by atoms with Crippen molar-refractivity contribution in [1.29, 1.82) is 0 Å². The van der Waals surface area contributed by atoms with E-state index in [1.165, 1.54) is 193 Å². The molecule has 0 radical (unpaired) electrons. The molecule has 0 bridgehead atoms. The summed E-state index contributed by atoms with van der Waals surface area (Å²) in [4.78, 5) is 38.0. The van der Waals surface area contributed by atoms with Gasteiger partial charge in [0.05, 0.1) is 0 Å². The lowest BCUT2D eigenvalue weighted by Gasteiger charge is -2.18. The van der Waals surface area contributed by atoms with Crippen LogP contribution in [0.25, 0.3) is 0 Å². The number of carbonyl (C=O) groups is 3. The molecule has 0 heterocycles. The van der Waals surface area contributed by atoms with Crippen molar-refractivity contribution in [2.45, 2.75) is 317 Å². The molecule has 1 atom stereocenters. The van der Waals surface area contributed by atoms with Gasteiger partial charge in [-0.2, -0.15) is 0 Å². The van der Waals surface area contributed by atoms with Gasteiger partial charge in [-0.15, -0.1) is 0 Å². The Labute approximate surface area is 393 Å². The summed E-state index contributed by atoms with van der Waals surface area (Å²) in [5, 5.41) is 0. The third kappa shape index (κ3) is 51.3. The standard InChI is InChI=1S/C57H110O6/c1-51(2)43-37-31-25-19-15-13-11-9-7-8-10-12-14-16-21-28-34-40-46-55(58)61-49-54(63-57(60)48-42-36-30-24-23-27-33-39-45-53(5)6)50-62-56(59)47-41-35-29-22-18-17-20-26-32-38-44-52(3)4/h51-54H,7-50H2,1-6H3/t54-/m1/s1. The Morgan fingerprint density at radius 3 is 0.683 bits per heavy atom. The fourth-order valence-electron chi connectivity index (χ4n) is 8.65. The Kier molecular flexibility index (Phi) is 47.1. The van der Waals surface area contributed by atoms with Crippen LogP contribution in [0.4, 0.5) is 0 Å². The summed E-state index contributed by atoms with van der Waals surface area (Å²) in [5.74, 6) is 1.62. The lowest BCUT2D eigenvalue weighted by Crippen LogP contribution is -2.30. The highest BCUT2D eigenvalue weighted by Gasteiger charge is 2.19. The highest BCUT2D eigenvalue weighted by Crippen LogP contribution is 2.18. The molecule has 0 aromatic rings. The van der Waals surface area contributed by atoms with Crippen molar-refractivity contribution < 1.29 is 28.6 Å². The summed E-state index contributed by atoms with van der Waals surface area (Å²) in [6.45, 7) is 13.7. The van der Waals surface area contributed by atoms with E-state index in [4.69, 9.17) is 14.2 Å². The third-order valence-electron chi connectivity index (χ3n) is 12.9. The molecule has 63 heavy (non-hydrogen) atoms. The van der Waals surface area contributed by atoms with Gasteiger partial charge >= 0.3 is 17.9 Å². The van der Waals surface area contributed by atoms with Crippen molar-refractivity contribution >= 4 is 17.9 Å². The predicted molar refractivity (Wildman–Crippen MR) is 270 cm³/mol. The molecule has 0 unspecified atom stereocenters. The minimum atomic E-state index is -0.763. The normalized spacial score (nSPS) is 12.1. The van der Waals surface area contributed by atoms with E-state index in [0.29, 0.717) is 19.3 Å². The Bertz CT molecular complexity index is 976. The minimum Gasteiger partial charge on any atom is -0.462 e. The van der Waals surface area contributed by atoms with Gasteiger partial charge in [0.25, 0.3) is 0 Å².